The number of halogens is 4. The summed E-state index contributed by atoms with van der Waals surface area (Å²) in [6, 6.07) is 5.61. The lowest BCUT2D eigenvalue weighted by atomic mass is 10.1. The van der Waals surface area contributed by atoms with Crippen LogP contribution in [0.3, 0.4) is 0 Å². The zero-order valence-electron chi connectivity index (χ0n) is 13.3. The second kappa shape index (κ2) is 6.95. The third-order valence-corrected chi connectivity index (χ3v) is 3.39. The number of hydrogen-bond donors (Lipinski definition) is 0. The molecule has 0 unspecified atom stereocenters. The smallest absolute Gasteiger partial charge is 0.419 e. The van der Waals surface area contributed by atoms with E-state index >= 15 is 0 Å². The zero-order chi connectivity index (χ0) is 18.7. The van der Waals surface area contributed by atoms with Crippen LogP contribution in [0.2, 0.25) is 0 Å². The molecule has 0 spiro atoms. The van der Waals surface area contributed by atoms with E-state index in [1.54, 1.807) is 12.1 Å². The Labute approximate surface area is 145 Å². The molecule has 1 aromatic carbocycles. The minimum atomic E-state index is -4.79. The van der Waals surface area contributed by atoms with Crippen molar-refractivity contribution in [2.24, 2.45) is 0 Å². The molecule has 2 aromatic heterocycles. The van der Waals surface area contributed by atoms with Crippen molar-refractivity contribution in [1.82, 2.24) is 15.0 Å². The molecule has 0 aliphatic carbocycles. The van der Waals surface area contributed by atoms with Crippen LogP contribution in [0.15, 0.2) is 49.1 Å². The molecule has 0 radical (unpaired) electrons. The van der Waals surface area contributed by atoms with Gasteiger partial charge in [0.2, 0.25) is 11.8 Å². The molecule has 0 N–H and O–H groups in total. The molecule has 3 aromatic rings. The van der Waals surface area contributed by atoms with E-state index in [2.05, 4.69) is 15.0 Å². The van der Waals surface area contributed by atoms with Crippen LogP contribution in [0.5, 0.6) is 17.5 Å². The van der Waals surface area contributed by atoms with Crippen molar-refractivity contribution in [2.75, 3.05) is 7.11 Å². The number of benzene rings is 1. The van der Waals surface area contributed by atoms with Gasteiger partial charge in [-0.25, -0.2) is 19.3 Å². The Bertz CT molecular complexity index is 932. The predicted octanol–water partition coefficient (Wildman–Crippen LogP) is 4.50. The van der Waals surface area contributed by atoms with Crippen molar-refractivity contribution in [3.8, 4) is 28.6 Å². The van der Waals surface area contributed by atoms with Crippen LogP contribution in [-0.2, 0) is 6.18 Å². The molecule has 0 saturated heterocycles. The second-order valence-electron chi connectivity index (χ2n) is 5.04. The SMILES string of the molecule is COc1ncccc1-c1cncnc1Oc1ccc(C(F)(F)F)c(F)c1. The van der Waals surface area contributed by atoms with Crippen molar-refractivity contribution < 1.29 is 27.0 Å². The molecule has 0 fully saturated rings. The molecule has 2 heterocycles. The van der Waals surface area contributed by atoms with Gasteiger partial charge in [0.05, 0.1) is 23.8 Å². The van der Waals surface area contributed by atoms with Crippen molar-refractivity contribution in [3.63, 3.8) is 0 Å². The third kappa shape index (κ3) is 3.56. The molecule has 3 rings (SSSR count). The van der Waals surface area contributed by atoms with Crippen LogP contribution in [-0.4, -0.2) is 22.1 Å². The average Bonchev–Trinajstić information content (AvgIpc) is 2.61. The third-order valence-electron chi connectivity index (χ3n) is 3.39. The first-order valence-corrected chi connectivity index (χ1v) is 7.24. The molecule has 26 heavy (non-hydrogen) atoms. The number of pyridine rings is 1. The van der Waals surface area contributed by atoms with Gasteiger partial charge in [-0.1, -0.05) is 0 Å². The van der Waals surface area contributed by atoms with Crippen LogP contribution >= 0.6 is 0 Å². The summed E-state index contributed by atoms with van der Waals surface area (Å²) in [7, 11) is 1.43. The van der Waals surface area contributed by atoms with Gasteiger partial charge in [-0.15, -0.1) is 0 Å². The van der Waals surface area contributed by atoms with Gasteiger partial charge in [0, 0.05) is 18.5 Å². The Morgan fingerprint density at radius 1 is 1.00 bits per heavy atom. The number of rotatable bonds is 4. The topological polar surface area (TPSA) is 57.1 Å². The summed E-state index contributed by atoms with van der Waals surface area (Å²) >= 11 is 0. The van der Waals surface area contributed by atoms with Crippen molar-refractivity contribution in [2.45, 2.75) is 6.18 Å². The average molecular weight is 365 g/mol. The molecular formula is C17H11F4N3O2. The van der Waals surface area contributed by atoms with Gasteiger partial charge in [0.1, 0.15) is 17.9 Å². The van der Waals surface area contributed by atoms with Crippen LogP contribution in [0.1, 0.15) is 5.56 Å². The lowest BCUT2D eigenvalue weighted by Gasteiger charge is -2.13. The van der Waals surface area contributed by atoms with Crippen LogP contribution in [0.25, 0.3) is 11.1 Å². The standard InChI is InChI=1S/C17H11F4N3O2/c1-25-15-11(3-2-6-23-15)12-8-22-9-24-16(12)26-10-4-5-13(14(18)7-10)17(19,20)21/h2-9H,1H3. The molecule has 9 heteroatoms. The van der Waals surface area contributed by atoms with E-state index in [1.807, 2.05) is 0 Å². The first-order chi connectivity index (χ1) is 12.4. The van der Waals surface area contributed by atoms with Gasteiger partial charge >= 0.3 is 6.18 Å². The highest BCUT2D eigenvalue weighted by atomic mass is 19.4. The summed E-state index contributed by atoms with van der Waals surface area (Å²) in [6.07, 6.45) is -0.631. The maximum absolute atomic E-state index is 13.7. The number of hydrogen-bond acceptors (Lipinski definition) is 5. The number of methoxy groups -OCH3 is 1. The maximum Gasteiger partial charge on any atom is 0.419 e. The van der Waals surface area contributed by atoms with Crippen molar-refractivity contribution in [3.05, 3.63) is 60.4 Å². The molecular weight excluding hydrogens is 354 g/mol. The highest BCUT2D eigenvalue weighted by Gasteiger charge is 2.34. The molecule has 5 nitrogen and oxygen atoms in total. The second-order valence-corrected chi connectivity index (χ2v) is 5.04. The van der Waals surface area contributed by atoms with E-state index in [0.717, 1.165) is 6.07 Å². The van der Waals surface area contributed by atoms with Crippen LogP contribution < -0.4 is 9.47 Å². The highest BCUT2D eigenvalue weighted by Crippen LogP contribution is 2.37. The summed E-state index contributed by atoms with van der Waals surface area (Å²) in [4.78, 5) is 11.9. The van der Waals surface area contributed by atoms with Gasteiger partial charge in [0.15, 0.2) is 0 Å². The number of nitrogens with zero attached hydrogens (tertiary/aromatic N) is 3. The molecule has 0 amide bonds. The Morgan fingerprint density at radius 3 is 2.50 bits per heavy atom. The van der Waals surface area contributed by atoms with E-state index in [4.69, 9.17) is 9.47 Å². The van der Waals surface area contributed by atoms with E-state index < -0.39 is 17.6 Å². The fourth-order valence-corrected chi connectivity index (χ4v) is 2.24. The minimum absolute atomic E-state index is 0.0189. The Balaban J connectivity index is 1.99. The summed E-state index contributed by atoms with van der Waals surface area (Å²) < 4.78 is 62.3. The summed E-state index contributed by atoms with van der Waals surface area (Å²) in [5.41, 5.74) is -0.475. The summed E-state index contributed by atoms with van der Waals surface area (Å²) in [5.74, 6) is -1.28. The Morgan fingerprint density at radius 2 is 1.81 bits per heavy atom. The van der Waals surface area contributed by atoms with Gasteiger partial charge in [-0.3, -0.25) is 0 Å². The lowest BCUT2D eigenvalue weighted by Crippen LogP contribution is -2.07. The molecule has 0 atom stereocenters. The molecule has 0 bridgehead atoms. The maximum atomic E-state index is 13.7. The quantitative estimate of drug-likeness (QED) is 0.638. The molecule has 0 aliphatic heterocycles. The van der Waals surface area contributed by atoms with Crippen LogP contribution in [0.4, 0.5) is 17.6 Å². The lowest BCUT2D eigenvalue weighted by molar-refractivity contribution is -0.140. The first kappa shape index (κ1) is 17.6. The van der Waals surface area contributed by atoms with E-state index in [0.29, 0.717) is 23.3 Å². The number of ether oxygens (including phenoxy) is 2. The largest absolute Gasteiger partial charge is 0.481 e. The van der Waals surface area contributed by atoms with Crippen molar-refractivity contribution >= 4 is 0 Å². The van der Waals surface area contributed by atoms with Gasteiger partial charge < -0.3 is 9.47 Å². The van der Waals surface area contributed by atoms with E-state index in [-0.39, 0.29) is 17.5 Å². The van der Waals surface area contributed by atoms with Crippen LogP contribution in [0, 0.1) is 5.82 Å². The normalized spacial score (nSPS) is 11.3. The predicted molar refractivity (Wildman–Crippen MR) is 83.3 cm³/mol. The van der Waals surface area contributed by atoms with E-state index in [9.17, 15) is 17.6 Å². The Hall–Kier alpha value is -3.23. The van der Waals surface area contributed by atoms with E-state index in [1.165, 1.54) is 25.8 Å². The first-order valence-electron chi connectivity index (χ1n) is 7.24. The van der Waals surface area contributed by atoms with Gasteiger partial charge in [0.25, 0.3) is 0 Å². The summed E-state index contributed by atoms with van der Waals surface area (Å²) in [6.45, 7) is 0. The monoisotopic (exact) mass is 365 g/mol. The summed E-state index contributed by atoms with van der Waals surface area (Å²) in [5, 5.41) is 0. The number of aromatic nitrogens is 3. The fourth-order valence-electron chi connectivity index (χ4n) is 2.24. The van der Waals surface area contributed by atoms with Crippen molar-refractivity contribution in [1.29, 1.82) is 0 Å². The molecule has 0 aliphatic rings. The molecule has 0 saturated carbocycles. The number of alkyl halides is 3. The minimum Gasteiger partial charge on any atom is -0.481 e. The van der Waals surface area contributed by atoms with Gasteiger partial charge in [-0.2, -0.15) is 13.2 Å². The van der Waals surface area contributed by atoms with Gasteiger partial charge in [-0.05, 0) is 24.3 Å². The zero-order valence-corrected chi connectivity index (χ0v) is 13.3. The Kier molecular flexibility index (Phi) is 4.70. The highest BCUT2D eigenvalue weighted by molar-refractivity contribution is 5.72. The molecule has 134 valence electrons. The fraction of sp³-hybridized carbons (Fsp3) is 0.118.